The van der Waals surface area contributed by atoms with Gasteiger partial charge in [-0.2, -0.15) is 5.26 Å². The van der Waals surface area contributed by atoms with Crippen LogP contribution in [0.5, 0.6) is 0 Å². The molecule has 18 heavy (non-hydrogen) atoms. The van der Waals surface area contributed by atoms with Crippen LogP contribution in [-0.2, 0) is 14.3 Å². The number of rotatable bonds is 2. The van der Waals surface area contributed by atoms with Crippen LogP contribution in [0.2, 0.25) is 0 Å². The molecule has 2 rings (SSSR count). The molecule has 0 aliphatic carbocycles. The Morgan fingerprint density at radius 2 is 2.17 bits per heavy atom. The van der Waals surface area contributed by atoms with Gasteiger partial charge in [0.15, 0.2) is 0 Å². The van der Waals surface area contributed by atoms with Gasteiger partial charge in [-0.15, -0.1) is 0 Å². The molecule has 1 heterocycles. The molecule has 6 nitrogen and oxygen atoms in total. The standard InChI is InChI=1S/C12H11N3O3/c13-5-8-1-3-9(4-2-8)14-12(17)10-6-18-7-11(16)15-10/h1-4,10H,6-7H2,(H,14,17)(H,15,16). The van der Waals surface area contributed by atoms with Gasteiger partial charge in [-0.05, 0) is 24.3 Å². The molecule has 1 saturated heterocycles. The zero-order valence-electron chi connectivity index (χ0n) is 9.47. The van der Waals surface area contributed by atoms with E-state index in [4.69, 9.17) is 10.00 Å². The summed E-state index contributed by atoms with van der Waals surface area (Å²) < 4.78 is 4.97. The summed E-state index contributed by atoms with van der Waals surface area (Å²) in [6.07, 6.45) is 0. The zero-order valence-corrected chi connectivity index (χ0v) is 9.47. The van der Waals surface area contributed by atoms with Crippen LogP contribution in [0.1, 0.15) is 5.56 Å². The number of anilines is 1. The van der Waals surface area contributed by atoms with Gasteiger partial charge in [0.05, 0.1) is 18.2 Å². The van der Waals surface area contributed by atoms with Gasteiger partial charge < -0.3 is 15.4 Å². The van der Waals surface area contributed by atoms with Crippen molar-refractivity contribution in [3.63, 3.8) is 0 Å². The second-order valence-electron chi connectivity index (χ2n) is 3.81. The van der Waals surface area contributed by atoms with Crippen molar-refractivity contribution in [1.82, 2.24) is 5.32 Å². The predicted molar refractivity (Wildman–Crippen MR) is 62.5 cm³/mol. The summed E-state index contributed by atoms with van der Waals surface area (Å²) in [5.74, 6) is -0.644. The van der Waals surface area contributed by atoms with Crippen molar-refractivity contribution < 1.29 is 14.3 Å². The van der Waals surface area contributed by atoms with Crippen molar-refractivity contribution in [1.29, 1.82) is 5.26 Å². The molecule has 1 fully saturated rings. The summed E-state index contributed by atoms with van der Waals surface area (Å²) in [4.78, 5) is 22.9. The normalized spacial score (nSPS) is 18.6. The van der Waals surface area contributed by atoms with Crippen molar-refractivity contribution in [2.24, 2.45) is 0 Å². The molecule has 0 radical (unpaired) electrons. The van der Waals surface area contributed by atoms with E-state index in [0.717, 1.165) is 0 Å². The SMILES string of the molecule is N#Cc1ccc(NC(=O)C2COCC(=O)N2)cc1. The lowest BCUT2D eigenvalue weighted by Crippen LogP contribution is -2.51. The number of benzene rings is 1. The van der Waals surface area contributed by atoms with Gasteiger partial charge in [0.1, 0.15) is 12.6 Å². The van der Waals surface area contributed by atoms with E-state index in [1.54, 1.807) is 24.3 Å². The molecule has 1 aliphatic heterocycles. The first-order valence-electron chi connectivity index (χ1n) is 5.37. The summed E-state index contributed by atoms with van der Waals surface area (Å²) in [5.41, 5.74) is 1.08. The third kappa shape index (κ3) is 2.84. The van der Waals surface area contributed by atoms with Crippen molar-refractivity contribution in [3.05, 3.63) is 29.8 Å². The van der Waals surface area contributed by atoms with E-state index < -0.39 is 6.04 Å². The minimum absolute atomic E-state index is 0.0132. The van der Waals surface area contributed by atoms with Crippen molar-refractivity contribution in [2.45, 2.75) is 6.04 Å². The average Bonchev–Trinajstić information content (AvgIpc) is 2.39. The number of nitriles is 1. The lowest BCUT2D eigenvalue weighted by Gasteiger charge is -2.22. The smallest absolute Gasteiger partial charge is 0.249 e. The average molecular weight is 245 g/mol. The molecule has 0 aromatic heterocycles. The van der Waals surface area contributed by atoms with Gasteiger partial charge in [-0.1, -0.05) is 0 Å². The molecule has 1 aromatic carbocycles. The van der Waals surface area contributed by atoms with E-state index in [-0.39, 0.29) is 25.0 Å². The topological polar surface area (TPSA) is 91.2 Å². The number of carbonyl (C=O) groups excluding carboxylic acids is 2. The van der Waals surface area contributed by atoms with Crippen LogP contribution in [0.25, 0.3) is 0 Å². The maximum absolute atomic E-state index is 11.8. The van der Waals surface area contributed by atoms with E-state index in [2.05, 4.69) is 10.6 Å². The Bertz CT molecular complexity index is 504. The lowest BCUT2D eigenvalue weighted by atomic mass is 10.2. The molecule has 2 N–H and O–H groups in total. The number of hydrogen-bond acceptors (Lipinski definition) is 4. The largest absolute Gasteiger partial charge is 0.369 e. The van der Waals surface area contributed by atoms with Gasteiger partial charge in [-0.3, -0.25) is 9.59 Å². The second kappa shape index (κ2) is 5.29. The molecule has 0 spiro atoms. The number of amides is 2. The Morgan fingerprint density at radius 3 is 2.78 bits per heavy atom. The van der Waals surface area contributed by atoms with E-state index in [1.165, 1.54) is 0 Å². The number of ether oxygens (including phenoxy) is 1. The highest BCUT2D eigenvalue weighted by atomic mass is 16.5. The van der Waals surface area contributed by atoms with Crippen LogP contribution in [0.3, 0.4) is 0 Å². The van der Waals surface area contributed by atoms with Gasteiger partial charge in [0.25, 0.3) is 0 Å². The Kier molecular flexibility index (Phi) is 3.55. The molecule has 0 saturated carbocycles. The van der Waals surface area contributed by atoms with Crippen LogP contribution >= 0.6 is 0 Å². The summed E-state index contributed by atoms with van der Waals surface area (Å²) in [5, 5.41) is 13.8. The Morgan fingerprint density at radius 1 is 1.44 bits per heavy atom. The number of nitrogens with one attached hydrogen (secondary N) is 2. The zero-order chi connectivity index (χ0) is 13.0. The van der Waals surface area contributed by atoms with Crippen LogP contribution in [0, 0.1) is 11.3 Å². The van der Waals surface area contributed by atoms with E-state index >= 15 is 0 Å². The van der Waals surface area contributed by atoms with Crippen LogP contribution < -0.4 is 10.6 Å². The molecule has 1 aromatic rings. The van der Waals surface area contributed by atoms with E-state index in [9.17, 15) is 9.59 Å². The quantitative estimate of drug-likeness (QED) is 0.768. The Balaban J connectivity index is 1.98. The maximum Gasteiger partial charge on any atom is 0.249 e. The fourth-order valence-corrected chi connectivity index (χ4v) is 1.55. The molecule has 0 bridgehead atoms. The highest BCUT2D eigenvalue weighted by Gasteiger charge is 2.25. The predicted octanol–water partition coefficient (Wildman–Crippen LogP) is 0.0118. The van der Waals surface area contributed by atoms with E-state index in [0.29, 0.717) is 11.3 Å². The van der Waals surface area contributed by atoms with Gasteiger partial charge in [-0.25, -0.2) is 0 Å². The maximum atomic E-state index is 11.8. The van der Waals surface area contributed by atoms with Gasteiger partial charge >= 0.3 is 0 Å². The second-order valence-corrected chi connectivity index (χ2v) is 3.81. The van der Waals surface area contributed by atoms with Gasteiger partial charge in [0, 0.05) is 5.69 Å². The highest BCUT2D eigenvalue weighted by molar-refractivity contribution is 5.97. The molecule has 1 unspecified atom stereocenters. The number of morpholine rings is 1. The molecule has 1 atom stereocenters. The third-order valence-corrected chi connectivity index (χ3v) is 2.45. The van der Waals surface area contributed by atoms with Crippen LogP contribution in [-0.4, -0.2) is 31.1 Å². The molecule has 2 amide bonds. The Labute approximate surface area is 104 Å². The monoisotopic (exact) mass is 245 g/mol. The summed E-state index contributed by atoms with van der Waals surface area (Å²) in [6.45, 7) is 0.147. The Hall–Kier alpha value is -2.39. The lowest BCUT2D eigenvalue weighted by molar-refractivity contribution is -0.136. The fraction of sp³-hybridized carbons (Fsp3) is 0.250. The van der Waals surface area contributed by atoms with E-state index in [1.807, 2.05) is 6.07 Å². The number of nitrogens with zero attached hydrogens (tertiary/aromatic N) is 1. The fourth-order valence-electron chi connectivity index (χ4n) is 1.55. The first-order valence-corrected chi connectivity index (χ1v) is 5.37. The highest BCUT2D eigenvalue weighted by Crippen LogP contribution is 2.09. The summed E-state index contributed by atoms with van der Waals surface area (Å²) in [6, 6.07) is 7.77. The number of carbonyl (C=O) groups is 2. The summed E-state index contributed by atoms with van der Waals surface area (Å²) >= 11 is 0. The molecule has 6 heteroatoms. The first-order chi connectivity index (χ1) is 8.69. The molecule has 1 aliphatic rings. The molecular weight excluding hydrogens is 234 g/mol. The van der Waals surface area contributed by atoms with Crippen molar-refractivity contribution in [2.75, 3.05) is 18.5 Å². The van der Waals surface area contributed by atoms with Gasteiger partial charge in [0.2, 0.25) is 11.8 Å². The minimum Gasteiger partial charge on any atom is -0.369 e. The first kappa shape index (κ1) is 12.1. The number of hydrogen-bond donors (Lipinski definition) is 2. The van der Waals surface area contributed by atoms with Crippen LogP contribution in [0.4, 0.5) is 5.69 Å². The summed E-state index contributed by atoms with van der Waals surface area (Å²) in [7, 11) is 0. The minimum atomic E-state index is -0.679. The van der Waals surface area contributed by atoms with Crippen molar-refractivity contribution in [3.8, 4) is 6.07 Å². The third-order valence-electron chi connectivity index (χ3n) is 2.45. The van der Waals surface area contributed by atoms with Crippen LogP contribution in [0.15, 0.2) is 24.3 Å². The molecule has 92 valence electrons. The van der Waals surface area contributed by atoms with Crippen molar-refractivity contribution >= 4 is 17.5 Å². The molecular formula is C12H11N3O3.